The molecule has 0 N–H and O–H groups in total. The van der Waals surface area contributed by atoms with Gasteiger partial charge in [0.25, 0.3) is 5.91 Å². The van der Waals surface area contributed by atoms with Crippen molar-refractivity contribution in [3.8, 4) is 0 Å². The smallest absolute Gasteiger partial charge is 0.279 e. The molecule has 0 saturated carbocycles. The minimum Gasteiger partial charge on any atom is -0.306 e. The van der Waals surface area contributed by atoms with Crippen molar-refractivity contribution in [2.45, 2.75) is 13.3 Å². The first-order valence-corrected chi connectivity index (χ1v) is 9.19. The lowest BCUT2D eigenvalue weighted by Gasteiger charge is -2.20. The zero-order valence-corrected chi connectivity index (χ0v) is 15.2. The van der Waals surface area contributed by atoms with Crippen LogP contribution in [0, 0.1) is 0 Å². The highest BCUT2D eigenvalue weighted by molar-refractivity contribution is 6.54. The Kier molecular flexibility index (Phi) is 4.71. The summed E-state index contributed by atoms with van der Waals surface area (Å²) in [5.74, 6) is -0.0464. The number of rotatable bonds is 5. The van der Waals surface area contributed by atoms with E-state index in [0.717, 1.165) is 29.0 Å². The van der Waals surface area contributed by atoms with Gasteiger partial charge < -0.3 is 4.90 Å². The summed E-state index contributed by atoms with van der Waals surface area (Å²) in [5.41, 5.74) is 4.12. The number of anilines is 3. The summed E-state index contributed by atoms with van der Waals surface area (Å²) in [5, 5.41) is 6.66. The van der Waals surface area contributed by atoms with Crippen molar-refractivity contribution in [1.82, 2.24) is 0 Å². The Hall–Kier alpha value is -3.40. The van der Waals surface area contributed by atoms with E-state index in [9.17, 15) is 4.79 Å². The molecule has 0 aliphatic carbocycles. The SMILES string of the molecule is CCCN1C(=O)/C(=N\N(c2ccccc2)c2ccccc2)c2ccccc21. The number of hydrogen-bond acceptors (Lipinski definition) is 3. The molecule has 0 spiro atoms. The van der Waals surface area contributed by atoms with Crippen LogP contribution in [-0.4, -0.2) is 18.2 Å². The molecule has 4 rings (SSSR count). The van der Waals surface area contributed by atoms with Gasteiger partial charge in [0.1, 0.15) is 0 Å². The summed E-state index contributed by atoms with van der Waals surface area (Å²) in [6.07, 6.45) is 0.897. The van der Waals surface area contributed by atoms with Crippen LogP contribution in [0.5, 0.6) is 0 Å². The topological polar surface area (TPSA) is 35.9 Å². The van der Waals surface area contributed by atoms with E-state index in [4.69, 9.17) is 5.10 Å². The van der Waals surface area contributed by atoms with Gasteiger partial charge in [-0.15, -0.1) is 0 Å². The molecule has 4 heteroatoms. The molecule has 0 bridgehead atoms. The summed E-state index contributed by atoms with van der Waals surface area (Å²) in [6, 6.07) is 27.7. The van der Waals surface area contributed by atoms with Gasteiger partial charge in [-0.3, -0.25) is 4.79 Å². The molecule has 1 amide bonds. The first-order valence-electron chi connectivity index (χ1n) is 9.19. The highest BCUT2D eigenvalue weighted by Crippen LogP contribution is 2.32. The fraction of sp³-hybridized carbons (Fsp3) is 0.130. The zero-order valence-electron chi connectivity index (χ0n) is 15.2. The van der Waals surface area contributed by atoms with Crippen LogP contribution < -0.4 is 9.91 Å². The van der Waals surface area contributed by atoms with Crippen molar-refractivity contribution in [3.63, 3.8) is 0 Å². The molecule has 0 fully saturated rings. The van der Waals surface area contributed by atoms with Gasteiger partial charge in [0.05, 0.1) is 17.1 Å². The fourth-order valence-corrected chi connectivity index (χ4v) is 3.31. The molecule has 3 aromatic carbocycles. The van der Waals surface area contributed by atoms with Crippen molar-refractivity contribution in [2.75, 3.05) is 16.5 Å². The molecule has 1 heterocycles. The highest BCUT2D eigenvalue weighted by Gasteiger charge is 2.34. The van der Waals surface area contributed by atoms with E-state index in [2.05, 4.69) is 6.92 Å². The van der Waals surface area contributed by atoms with Gasteiger partial charge in [0.15, 0.2) is 5.71 Å². The van der Waals surface area contributed by atoms with E-state index in [1.807, 2.05) is 94.8 Å². The predicted molar refractivity (Wildman–Crippen MR) is 111 cm³/mol. The first-order chi connectivity index (χ1) is 13.3. The number of hydrazone groups is 1. The third-order valence-corrected chi connectivity index (χ3v) is 4.55. The minimum absolute atomic E-state index is 0.0464. The highest BCUT2D eigenvalue weighted by atomic mass is 16.2. The Labute approximate surface area is 159 Å². The van der Waals surface area contributed by atoms with E-state index in [-0.39, 0.29) is 5.91 Å². The van der Waals surface area contributed by atoms with Gasteiger partial charge in [-0.25, -0.2) is 5.01 Å². The quantitative estimate of drug-likeness (QED) is 0.605. The van der Waals surface area contributed by atoms with Crippen LogP contribution in [0.1, 0.15) is 18.9 Å². The molecule has 0 saturated heterocycles. The first kappa shape index (κ1) is 17.0. The van der Waals surface area contributed by atoms with Gasteiger partial charge in [0.2, 0.25) is 0 Å². The van der Waals surface area contributed by atoms with Gasteiger partial charge in [-0.1, -0.05) is 61.5 Å². The molecule has 0 radical (unpaired) electrons. The van der Waals surface area contributed by atoms with E-state index < -0.39 is 0 Å². The third-order valence-electron chi connectivity index (χ3n) is 4.55. The summed E-state index contributed by atoms with van der Waals surface area (Å²) in [6.45, 7) is 2.76. The number of carbonyl (C=O) groups excluding carboxylic acids is 1. The lowest BCUT2D eigenvalue weighted by Crippen LogP contribution is -2.31. The van der Waals surface area contributed by atoms with Crippen molar-refractivity contribution in [3.05, 3.63) is 90.5 Å². The second kappa shape index (κ2) is 7.46. The van der Waals surface area contributed by atoms with Crippen LogP contribution in [0.2, 0.25) is 0 Å². The molecule has 134 valence electrons. The standard InChI is InChI=1S/C23H21N3O/c1-2-17-25-21-16-10-9-15-20(21)22(23(25)27)24-26(18-11-5-3-6-12-18)19-13-7-4-8-14-19/h3-16H,2,17H2,1H3/b24-22-. The zero-order chi connectivity index (χ0) is 18.6. The lowest BCUT2D eigenvalue weighted by molar-refractivity contribution is -0.112. The van der Waals surface area contributed by atoms with Crippen LogP contribution in [-0.2, 0) is 4.79 Å². The van der Waals surface area contributed by atoms with E-state index >= 15 is 0 Å². The average molecular weight is 355 g/mol. The number of hydrogen-bond donors (Lipinski definition) is 0. The number of carbonyl (C=O) groups is 1. The molecule has 1 aliphatic rings. The normalized spacial score (nSPS) is 14.5. The van der Waals surface area contributed by atoms with Crippen molar-refractivity contribution < 1.29 is 4.79 Å². The van der Waals surface area contributed by atoms with Crippen molar-refractivity contribution >= 4 is 28.7 Å². The van der Waals surface area contributed by atoms with Crippen molar-refractivity contribution in [1.29, 1.82) is 0 Å². The number of para-hydroxylation sites is 3. The van der Waals surface area contributed by atoms with Crippen LogP contribution in [0.25, 0.3) is 0 Å². The maximum absolute atomic E-state index is 13.1. The Balaban J connectivity index is 1.85. The second-order valence-corrected chi connectivity index (χ2v) is 6.41. The summed E-state index contributed by atoms with van der Waals surface area (Å²) in [7, 11) is 0. The van der Waals surface area contributed by atoms with Crippen LogP contribution >= 0.6 is 0 Å². The number of amides is 1. The predicted octanol–water partition coefficient (Wildman–Crippen LogP) is 4.99. The number of benzene rings is 3. The molecule has 0 atom stereocenters. The molecule has 3 aromatic rings. The van der Waals surface area contributed by atoms with Crippen LogP contribution in [0.4, 0.5) is 17.1 Å². The van der Waals surface area contributed by atoms with E-state index in [1.54, 1.807) is 0 Å². The molecular weight excluding hydrogens is 334 g/mol. The van der Waals surface area contributed by atoms with Gasteiger partial charge >= 0.3 is 0 Å². The maximum atomic E-state index is 13.1. The van der Waals surface area contributed by atoms with E-state index in [0.29, 0.717) is 12.3 Å². The number of fused-ring (bicyclic) bond motifs is 1. The maximum Gasteiger partial charge on any atom is 0.279 e. The molecule has 0 unspecified atom stereocenters. The lowest BCUT2D eigenvalue weighted by atomic mass is 10.1. The molecular formula is C23H21N3O. The molecule has 27 heavy (non-hydrogen) atoms. The van der Waals surface area contributed by atoms with Gasteiger partial charge in [-0.05, 0) is 36.8 Å². The average Bonchev–Trinajstić information content (AvgIpc) is 2.99. The Morgan fingerprint density at radius 1 is 0.815 bits per heavy atom. The van der Waals surface area contributed by atoms with Gasteiger partial charge in [0, 0.05) is 12.1 Å². The third kappa shape index (κ3) is 3.22. The van der Waals surface area contributed by atoms with E-state index in [1.165, 1.54) is 0 Å². The Morgan fingerprint density at radius 2 is 1.37 bits per heavy atom. The molecule has 0 aromatic heterocycles. The van der Waals surface area contributed by atoms with Crippen molar-refractivity contribution in [2.24, 2.45) is 5.10 Å². The van der Waals surface area contributed by atoms with Crippen LogP contribution in [0.15, 0.2) is 90.0 Å². The largest absolute Gasteiger partial charge is 0.306 e. The summed E-state index contributed by atoms with van der Waals surface area (Å²) in [4.78, 5) is 14.9. The Bertz CT molecular complexity index is 928. The summed E-state index contributed by atoms with van der Waals surface area (Å²) < 4.78 is 0. The molecule has 1 aliphatic heterocycles. The molecule has 4 nitrogen and oxygen atoms in total. The van der Waals surface area contributed by atoms with Gasteiger partial charge in [-0.2, -0.15) is 5.10 Å². The second-order valence-electron chi connectivity index (χ2n) is 6.41. The monoisotopic (exact) mass is 355 g/mol. The minimum atomic E-state index is -0.0464. The Morgan fingerprint density at radius 3 is 1.96 bits per heavy atom. The summed E-state index contributed by atoms with van der Waals surface area (Å²) >= 11 is 0. The number of nitrogens with zero attached hydrogens (tertiary/aromatic N) is 3. The fourth-order valence-electron chi connectivity index (χ4n) is 3.31. The van der Waals surface area contributed by atoms with Crippen LogP contribution in [0.3, 0.4) is 0 Å².